The second kappa shape index (κ2) is 17.7. The van der Waals surface area contributed by atoms with Gasteiger partial charge in [0, 0.05) is 43.1 Å². The first-order chi connectivity index (χ1) is 25.4. The molecule has 5 N–H and O–H groups in total. The molecular formula is C32H29ClF6N8O7. The Morgan fingerprint density at radius 1 is 0.907 bits per heavy atom. The number of likely N-dealkylation sites (tertiary alicyclic amines) is 1. The number of carboxylic acid groups (broad SMARTS) is 2. The Kier molecular flexibility index (Phi) is 13.4. The number of benzene rings is 1. The van der Waals surface area contributed by atoms with Gasteiger partial charge >= 0.3 is 24.3 Å². The topological polar surface area (TPSA) is 213 Å². The van der Waals surface area contributed by atoms with Gasteiger partial charge < -0.3 is 35.6 Å². The summed E-state index contributed by atoms with van der Waals surface area (Å²) in [5, 5.41) is 28.0. The Balaban J connectivity index is 0.000000396. The number of carbonyl (C=O) groups is 4. The van der Waals surface area contributed by atoms with Crippen LogP contribution in [0.4, 0.5) is 55.2 Å². The Morgan fingerprint density at radius 2 is 1.57 bits per heavy atom. The van der Waals surface area contributed by atoms with E-state index in [0.717, 1.165) is 47.5 Å². The molecule has 5 heterocycles. The Bertz CT molecular complexity index is 1930. The van der Waals surface area contributed by atoms with Crippen LogP contribution in [0.25, 0.3) is 0 Å². The van der Waals surface area contributed by atoms with Gasteiger partial charge in [-0.25, -0.2) is 14.6 Å². The minimum Gasteiger partial charge on any atom is -0.475 e. The number of halogens is 7. The van der Waals surface area contributed by atoms with Gasteiger partial charge in [0.1, 0.15) is 11.3 Å². The first-order valence-corrected chi connectivity index (χ1v) is 16.0. The van der Waals surface area contributed by atoms with Crippen molar-refractivity contribution in [3.8, 4) is 0 Å². The number of hydrogen-bond acceptors (Lipinski definition) is 11. The number of pyridine rings is 1. The second-order valence-electron chi connectivity index (χ2n) is 11.6. The lowest BCUT2D eigenvalue weighted by Gasteiger charge is -2.31. The van der Waals surface area contributed by atoms with Crippen molar-refractivity contribution in [2.75, 3.05) is 29.0 Å². The molecule has 1 fully saturated rings. The molecule has 22 heteroatoms. The number of amides is 2. The van der Waals surface area contributed by atoms with Crippen LogP contribution in [0, 0.1) is 5.92 Å². The highest BCUT2D eigenvalue weighted by molar-refractivity contribution is 6.32. The van der Waals surface area contributed by atoms with Crippen molar-refractivity contribution in [3.63, 3.8) is 0 Å². The van der Waals surface area contributed by atoms with Crippen LogP contribution in [0.1, 0.15) is 40.9 Å². The van der Waals surface area contributed by atoms with Crippen molar-refractivity contribution < 1.29 is 60.3 Å². The van der Waals surface area contributed by atoms with Crippen molar-refractivity contribution in [2.45, 2.75) is 44.5 Å². The van der Waals surface area contributed by atoms with Crippen LogP contribution in [0.5, 0.6) is 0 Å². The lowest BCUT2D eigenvalue weighted by atomic mass is 9.93. The Hall–Kier alpha value is -5.99. The van der Waals surface area contributed by atoms with Crippen LogP contribution in [-0.4, -0.2) is 84.4 Å². The summed E-state index contributed by atoms with van der Waals surface area (Å²) < 4.78 is 68.3. The maximum Gasteiger partial charge on any atom is 0.490 e. The molecule has 0 spiro atoms. The lowest BCUT2D eigenvalue weighted by Crippen LogP contribution is -2.39. The molecule has 0 saturated carbocycles. The largest absolute Gasteiger partial charge is 0.490 e. The second-order valence-corrected chi connectivity index (χ2v) is 12.0. The summed E-state index contributed by atoms with van der Waals surface area (Å²) >= 11 is 6.36. The third-order valence-corrected chi connectivity index (χ3v) is 7.91. The average molecular weight is 787 g/mol. The van der Waals surface area contributed by atoms with E-state index in [1.165, 1.54) is 6.26 Å². The number of hydrogen-bond donors (Lipinski definition) is 5. The average Bonchev–Trinajstić information content (AvgIpc) is 3.65. The fourth-order valence-corrected chi connectivity index (χ4v) is 5.18. The monoisotopic (exact) mass is 786 g/mol. The summed E-state index contributed by atoms with van der Waals surface area (Å²) in [6.45, 7) is 1.18. The summed E-state index contributed by atoms with van der Waals surface area (Å²) in [5.41, 5.74) is 4.67. The van der Waals surface area contributed by atoms with E-state index in [2.05, 4.69) is 36.1 Å². The van der Waals surface area contributed by atoms with Gasteiger partial charge in [-0.05, 0) is 67.0 Å². The molecule has 4 aromatic rings. The number of aryl methyl sites for hydroxylation is 2. The number of alkyl halides is 6. The van der Waals surface area contributed by atoms with E-state index in [9.17, 15) is 35.9 Å². The van der Waals surface area contributed by atoms with Crippen LogP contribution in [0.2, 0.25) is 5.02 Å². The highest BCUT2D eigenvalue weighted by Crippen LogP contribution is 2.30. The summed E-state index contributed by atoms with van der Waals surface area (Å²) in [5.74, 6) is -4.62. The molecule has 2 aliphatic heterocycles. The third-order valence-electron chi connectivity index (χ3n) is 7.64. The zero-order chi connectivity index (χ0) is 39.6. The van der Waals surface area contributed by atoms with E-state index in [4.69, 9.17) is 35.9 Å². The van der Waals surface area contributed by atoms with E-state index in [1.54, 1.807) is 23.4 Å². The zero-order valence-corrected chi connectivity index (χ0v) is 28.3. The molecule has 6 rings (SSSR count). The Morgan fingerprint density at radius 3 is 2.19 bits per heavy atom. The molecule has 1 saturated heterocycles. The molecular weight excluding hydrogens is 758 g/mol. The molecule has 2 aliphatic rings. The first kappa shape index (κ1) is 40.8. The van der Waals surface area contributed by atoms with E-state index in [1.807, 2.05) is 30.5 Å². The number of nitrogens with zero attached hydrogens (tertiary/aromatic N) is 5. The number of fused-ring (bicyclic) bond motifs is 6. The highest BCUT2D eigenvalue weighted by atomic mass is 35.5. The summed E-state index contributed by atoms with van der Waals surface area (Å²) in [6, 6.07) is 9.37. The van der Waals surface area contributed by atoms with E-state index >= 15 is 0 Å². The van der Waals surface area contributed by atoms with Crippen molar-refractivity contribution in [3.05, 3.63) is 77.0 Å². The summed E-state index contributed by atoms with van der Waals surface area (Å²) in [7, 11) is 0. The molecule has 0 unspecified atom stereocenters. The first-order valence-electron chi connectivity index (χ1n) is 15.6. The molecule has 0 atom stereocenters. The van der Waals surface area contributed by atoms with Gasteiger partial charge in [-0.1, -0.05) is 16.8 Å². The minimum atomic E-state index is -5.08. The highest BCUT2D eigenvalue weighted by Gasteiger charge is 2.39. The molecule has 0 aliphatic carbocycles. The summed E-state index contributed by atoms with van der Waals surface area (Å²) in [6.07, 6.45) is -0.361. The van der Waals surface area contributed by atoms with Crippen LogP contribution >= 0.6 is 11.6 Å². The predicted molar refractivity (Wildman–Crippen MR) is 177 cm³/mol. The van der Waals surface area contributed by atoms with E-state index in [0.29, 0.717) is 48.4 Å². The Labute approximate surface area is 305 Å². The zero-order valence-electron chi connectivity index (χ0n) is 27.5. The van der Waals surface area contributed by atoms with Gasteiger partial charge in [-0.2, -0.15) is 31.3 Å². The normalized spacial score (nSPS) is 14.1. The van der Waals surface area contributed by atoms with Gasteiger partial charge in [0.2, 0.25) is 11.9 Å². The van der Waals surface area contributed by atoms with Crippen molar-refractivity contribution in [1.82, 2.24) is 25.0 Å². The van der Waals surface area contributed by atoms with Crippen molar-refractivity contribution >= 4 is 64.2 Å². The van der Waals surface area contributed by atoms with Crippen LogP contribution in [-0.2, 0) is 27.2 Å². The molecule has 15 nitrogen and oxygen atoms in total. The minimum absolute atomic E-state index is 0.0440. The number of anilines is 5. The number of rotatable bonds is 4. The molecule has 0 radical (unpaired) electrons. The van der Waals surface area contributed by atoms with Gasteiger partial charge in [0.25, 0.3) is 5.91 Å². The van der Waals surface area contributed by atoms with Gasteiger partial charge in [0.05, 0.1) is 18.1 Å². The van der Waals surface area contributed by atoms with Crippen LogP contribution in [0.15, 0.2) is 59.7 Å². The van der Waals surface area contributed by atoms with Gasteiger partial charge in [-0.15, -0.1) is 0 Å². The molecule has 2 amide bonds. The fraction of sp³-hybridized carbons (Fsp3) is 0.312. The van der Waals surface area contributed by atoms with Crippen molar-refractivity contribution in [1.29, 1.82) is 0 Å². The SMILES string of the molecule is O=C(CC1CCN(C(=O)c2ccon2)CC1)Nc1ccc2cc1CCc1cncc(c1)Nc1ncc(Cl)c(n1)N2.O=C(O)C(F)(F)F.O=C(O)C(F)(F)F. The van der Waals surface area contributed by atoms with Gasteiger partial charge in [-0.3, -0.25) is 14.6 Å². The fourth-order valence-electron chi connectivity index (χ4n) is 5.04. The molecule has 54 heavy (non-hydrogen) atoms. The number of nitrogens with one attached hydrogen (secondary N) is 3. The standard InChI is InChI=1S/C28H27ClN8O3.2C2HF3O2/c29-22-16-31-28-33-21-11-18(14-30-15-21)1-2-19-13-20(32-26(22)35-28)3-4-23(19)34-25(38)12-17-5-8-37(9-6-17)27(39)24-7-10-40-36-24;2*3-2(4,5)1(6)7/h3-4,7,10-11,13-17H,1-2,5-6,8-9,12H2,(H,34,38)(H2,31,32,33,35);2*(H,6,7). The van der Waals surface area contributed by atoms with Gasteiger partial charge in [0.15, 0.2) is 11.5 Å². The quantitative estimate of drug-likeness (QED) is 0.145. The molecule has 1 aromatic carbocycles. The maximum atomic E-state index is 13.1. The number of carbonyl (C=O) groups excluding carboxylic acids is 2. The smallest absolute Gasteiger partial charge is 0.475 e. The lowest BCUT2D eigenvalue weighted by molar-refractivity contribution is -0.193. The van der Waals surface area contributed by atoms with E-state index < -0.39 is 24.3 Å². The number of aliphatic carboxylic acids is 2. The number of carboxylic acids is 2. The third kappa shape index (κ3) is 12.0. The molecule has 3 aromatic heterocycles. The predicted octanol–water partition coefficient (Wildman–Crippen LogP) is 6.25. The summed E-state index contributed by atoms with van der Waals surface area (Å²) in [4.78, 5) is 58.3. The van der Waals surface area contributed by atoms with Crippen LogP contribution < -0.4 is 16.0 Å². The molecule has 288 valence electrons. The van der Waals surface area contributed by atoms with Crippen LogP contribution in [0.3, 0.4) is 0 Å². The molecule has 6 bridgehead atoms. The number of aromatic nitrogens is 4. The van der Waals surface area contributed by atoms with Crippen molar-refractivity contribution in [2.24, 2.45) is 5.92 Å². The maximum absolute atomic E-state index is 13.1. The van der Waals surface area contributed by atoms with E-state index in [-0.39, 0.29) is 17.7 Å². The number of piperidine rings is 1.